The quantitative estimate of drug-likeness (QED) is 0.870. The molecule has 1 atom stereocenters. The molecule has 0 bridgehead atoms. The summed E-state index contributed by atoms with van der Waals surface area (Å²) in [5, 5.41) is 4.06. The standard InChI is InChI=1S/C14H23ClN4/c1-2-7-19(10-12-5-3-4-6-16-12)11-13-8-18-14(15)9-17-13/h8-9,12,16H,2-7,10-11H2,1H3. The molecule has 0 spiro atoms. The normalized spacial score (nSPS) is 19.8. The summed E-state index contributed by atoms with van der Waals surface area (Å²) < 4.78 is 0. The third kappa shape index (κ3) is 5.05. The smallest absolute Gasteiger partial charge is 0.147 e. The topological polar surface area (TPSA) is 41.1 Å². The number of aromatic nitrogens is 2. The number of nitrogens with one attached hydrogen (secondary N) is 1. The minimum atomic E-state index is 0.458. The number of nitrogens with zero attached hydrogens (tertiary/aromatic N) is 3. The second-order valence-corrected chi connectivity index (χ2v) is 5.60. The van der Waals surface area contributed by atoms with Crippen LogP contribution in [-0.2, 0) is 6.54 Å². The molecule has 1 fully saturated rings. The van der Waals surface area contributed by atoms with E-state index in [0.29, 0.717) is 11.2 Å². The first kappa shape index (κ1) is 14.7. The molecule has 1 aliphatic heterocycles. The lowest BCUT2D eigenvalue weighted by molar-refractivity contribution is 0.215. The largest absolute Gasteiger partial charge is 0.313 e. The molecule has 0 aromatic carbocycles. The molecular weight excluding hydrogens is 260 g/mol. The van der Waals surface area contributed by atoms with Crippen molar-refractivity contribution in [3.05, 3.63) is 23.2 Å². The summed E-state index contributed by atoms with van der Waals surface area (Å²) in [5.74, 6) is 0. The lowest BCUT2D eigenvalue weighted by Gasteiger charge is -2.30. The summed E-state index contributed by atoms with van der Waals surface area (Å²) in [6.45, 7) is 6.43. The predicted molar refractivity (Wildman–Crippen MR) is 78.3 cm³/mol. The van der Waals surface area contributed by atoms with Crippen LogP contribution in [0.2, 0.25) is 5.15 Å². The first-order valence-electron chi connectivity index (χ1n) is 7.20. The van der Waals surface area contributed by atoms with E-state index in [4.69, 9.17) is 11.6 Å². The third-order valence-corrected chi connectivity index (χ3v) is 3.69. The highest BCUT2D eigenvalue weighted by Gasteiger charge is 2.16. The van der Waals surface area contributed by atoms with Gasteiger partial charge in [0.1, 0.15) is 5.15 Å². The number of piperidine rings is 1. The van der Waals surface area contributed by atoms with Crippen LogP contribution >= 0.6 is 11.6 Å². The van der Waals surface area contributed by atoms with Gasteiger partial charge in [-0.15, -0.1) is 0 Å². The average Bonchev–Trinajstić information content (AvgIpc) is 2.43. The molecule has 1 aromatic heterocycles. The number of hydrogen-bond acceptors (Lipinski definition) is 4. The molecule has 0 saturated carbocycles. The Bertz CT molecular complexity index is 362. The Morgan fingerprint density at radius 2 is 2.26 bits per heavy atom. The van der Waals surface area contributed by atoms with Gasteiger partial charge in [0.15, 0.2) is 0 Å². The summed E-state index contributed by atoms with van der Waals surface area (Å²) in [6.07, 6.45) is 8.50. The summed E-state index contributed by atoms with van der Waals surface area (Å²) >= 11 is 5.77. The SMILES string of the molecule is CCCN(Cc1cnc(Cl)cn1)CC1CCCCN1. The Labute approximate surface area is 120 Å². The second kappa shape index (κ2) is 7.78. The lowest BCUT2D eigenvalue weighted by atomic mass is 10.0. The van der Waals surface area contributed by atoms with Crippen LogP contribution in [0.4, 0.5) is 0 Å². The molecule has 5 heteroatoms. The van der Waals surface area contributed by atoms with Gasteiger partial charge in [0.25, 0.3) is 0 Å². The molecule has 2 heterocycles. The molecule has 1 saturated heterocycles. The second-order valence-electron chi connectivity index (χ2n) is 5.21. The van der Waals surface area contributed by atoms with Crippen LogP contribution in [0.25, 0.3) is 0 Å². The maximum Gasteiger partial charge on any atom is 0.147 e. The van der Waals surface area contributed by atoms with Crippen molar-refractivity contribution in [2.75, 3.05) is 19.6 Å². The van der Waals surface area contributed by atoms with Gasteiger partial charge >= 0.3 is 0 Å². The molecule has 106 valence electrons. The van der Waals surface area contributed by atoms with Crippen molar-refractivity contribution < 1.29 is 0 Å². The zero-order valence-corrected chi connectivity index (χ0v) is 12.4. The van der Waals surface area contributed by atoms with E-state index in [1.165, 1.54) is 19.3 Å². The van der Waals surface area contributed by atoms with E-state index in [-0.39, 0.29) is 0 Å². The molecule has 1 aliphatic rings. The number of halogens is 1. The first-order valence-corrected chi connectivity index (χ1v) is 7.58. The van der Waals surface area contributed by atoms with Crippen LogP contribution in [0.15, 0.2) is 12.4 Å². The summed E-state index contributed by atoms with van der Waals surface area (Å²) in [4.78, 5) is 10.9. The van der Waals surface area contributed by atoms with Crippen LogP contribution in [0.5, 0.6) is 0 Å². The molecule has 1 aromatic rings. The van der Waals surface area contributed by atoms with Gasteiger partial charge in [-0.25, -0.2) is 4.98 Å². The van der Waals surface area contributed by atoms with Crippen molar-refractivity contribution in [3.63, 3.8) is 0 Å². The summed E-state index contributed by atoms with van der Waals surface area (Å²) in [5.41, 5.74) is 0.994. The predicted octanol–water partition coefficient (Wildman–Crippen LogP) is 2.48. The van der Waals surface area contributed by atoms with E-state index < -0.39 is 0 Å². The van der Waals surface area contributed by atoms with Crippen molar-refractivity contribution in [2.45, 2.75) is 45.2 Å². The minimum absolute atomic E-state index is 0.458. The molecule has 2 rings (SSSR count). The van der Waals surface area contributed by atoms with Gasteiger partial charge in [-0.2, -0.15) is 0 Å². The van der Waals surface area contributed by atoms with E-state index in [1.807, 2.05) is 0 Å². The molecule has 1 unspecified atom stereocenters. The fourth-order valence-corrected chi connectivity index (χ4v) is 2.69. The molecule has 19 heavy (non-hydrogen) atoms. The minimum Gasteiger partial charge on any atom is -0.313 e. The Kier molecular flexibility index (Phi) is 6.01. The Hall–Kier alpha value is -0.710. The zero-order chi connectivity index (χ0) is 13.5. The van der Waals surface area contributed by atoms with Crippen molar-refractivity contribution in [1.29, 1.82) is 0 Å². The third-order valence-electron chi connectivity index (χ3n) is 3.49. The van der Waals surface area contributed by atoms with Crippen molar-refractivity contribution in [2.24, 2.45) is 0 Å². The van der Waals surface area contributed by atoms with Gasteiger partial charge in [0.2, 0.25) is 0 Å². The highest BCUT2D eigenvalue weighted by Crippen LogP contribution is 2.11. The molecule has 0 aliphatic carbocycles. The zero-order valence-electron chi connectivity index (χ0n) is 11.6. The van der Waals surface area contributed by atoms with E-state index in [2.05, 4.69) is 27.1 Å². The maximum atomic E-state index is 5.77. The number of rotatable bonds is 6. The van der Waals surface area contributed by atoms with Crippen LogP contribution in [0.1, 0.15) is 38.3 Å². The van der Waals surface area contributed by atoms with Gasteiger partial charge in [-0.3, -0.25) is 9.88 Å². The Morgan fingerprint density at radius 3 is 2.89 bits per heavy atom. The molecule has 4 nitrogen and oxygen atoms in total. The van der Waals surface area contributed by atoms with Gasteiger partial charge in [-0.1, -0.05) is 24.9 Å². The Morgan fingerprint density at radius 1 is 1.37 bits per heavy atom. The van der Waals surface area contributed by atoms with Gasteiger partial charge < -0.3 is 5.32 Å². The van der Waals surface area contributed by atoms with E-state index in [1.54, 1.807) is 12.4 Å². The lowest BCUT2D eigenvalue weighted by Crippen LogP contribution is -2.43. The maximum absolute atomic E-state index is 5.77. The Balaban J connectivity index is 1.89. The molecule has 0 radical (unpaired) electrons. The van der Waals surface area contributed by atoms with Gasteiger partial charge in [-0.05, 0) is 32.4 Å². The molecule has 0 amide bonds. The van der Waals surface area contributed by atoms with Gasteiger partial charge in [0.05, 0.1) is 18.1 Å². The van der Waals surface area contributed by atoms with Crippen LogP contribution in [-0.4, -0.2) is 40.5 Å². The van der Waals surface area contributed by atoms with Gasteiger partial charge in [0, 0.05) is 19.1 Å². The van der Waals surface area contributed by atoms with Crippen LogP contribution < -0.4 is 5.32 Å². The first-order chi connectivity index (χ1) is 9.28. The molecule has 1 N–H and O–H groups in total. The summed E-state index contributed by atoms with van der Waals surface area (Å²) in [6, 6.07) is 0.626. The highest BCUT2D eigenvalue weighted by atomic mass is 35.5. The van der Waals surface area contributed by atoms with E-state index in [0.717, 1.165) is 38.3 Å². The molecular formula is C14H23ClN4. The van der Waals surface area contributed by atoms with Crippen molar-refractivity contribution in [3.8, 4) is 0 Å². The van der Waals surface area contributed by atoms with Crippen LogP contribution in [0, 0.1) is 0 Å². The van der Waals surface area contributed by atoms with Crippen LogP contribution in [0.3, 0.4) is 0 Å². The van der Waals surface area contributed by atoms with E-state index >= 15 is 0 Å². The summed E-state index contributed by atoms with van der Waals surface area (Å²) in [7, 11) is 0. The fraction of sp³-hybridized carbons (Fsp3) is 0.714. The monoisotopic (exact) mass is 282 g/mol. The highest BCUT2D eigenvalue weighted by molar-refractivity contribution is 6.29. The average molecular weight is 283 g/mol. The number of hydrogen-bond donors (Lipinski definition) is 1. The van der Waals surface area contributed by atoms with Crippen molar-refractivity contribution >= 4 is 11.6 Å². The fourth-order valence-electron chi connectivity index (χ4n) is 2.59. The van der Waals surface area contributed by atoms with E-state index in [9.17, 15) is 0 Å². The van der Waals surface area contributed by atoms with Crippen molar-refractivity contribution in [1.82, 2.24) is 20.2 Å².